The van der Waals surface area contributed by atoms with Crippen LogP contribution in [0.1, 0.15) is 27.4 Å². The Morgan fingerprint density at radius 2 is 1.88 bits per heavy atom. The van der Waals surface area contributed by atoms with Crippen molar-refractivity contribution in [1.29, 1.82) is 0 Å². The predicted octanol–water partition coefficient (Wildman–Crippen LogP) is 3.66. The van der Waals surface area contributed by atoms with Gasteiger partial charge >= 0.3 is 12.0 Å². The highest BCUT2D eigenvalue weighted by molar-refractivity contribution is 6.13. The van der Waals surface area contributed by atoms with E-state index in [0.29, 0.717) is 22.8 Å². The molecule has 0 bridgehead atoms. The molecule has 0 radical (unpaired) electrons. The molecule has 1 aliphatic rings. The van der Waals surface area contributed by atoms with Crippen molar-refractivity contribution in [2.45, 2.75) is 13.2 Å². The maximum Gasteiger partial charge on any atom is 0.371 e. The topological polar surface area (TPSA) is 118 Å². The summed E-state index contributed by atoms with van der Waals surface area (Å²) < 4.78 is 16.2. The molecule has 1 aliphatic heterocycles. The summed E-state index contributed by atoms with van der Waals surface area (Å²) in [6.45, 7) is 0.183. The third kappa shape index (κ3) is 4.87. The van der Waals surface area contributed by atoms with Gasteiger partial charge in [0.15, 0.2) is 11.5 Å². The molecule has 168 valence electrons. The predicted molar refractivity (Wildman–Crippen MR) is 116 cm³/mol. The molecule has 0 spiro atoms. The number of furan rings is 1. The van der Waals surface area contributed by atoms with E-state index in [9.17, 15) is 14.4 Å². The molecule has 9 nitrogen and oxygen atoms in total. The minimum Gasteiger partial charge on any atom is -0.493 e. The normalized spacial score (nSPS) is 14.5. The summed E-state index contributed by atoms with van der Waals surface area (Å²) in [5.41, 5.74) is 1.62. The minimum atomic E-state index is -1.16. The van der Waals surface area contributed by atoms with Gasteiger partial charge in [-0.05, 0) is 41.5 Å². The van der Waals surface area contributed by atoms with E-state index in [1.54, 1.807) is 24.3 Å². The molecular weight excluding hydrogens is 428 g/mol. The number of nitrogens with one attached hydrogen (secondary N) is 1. The zero-order valence-corrected chi connectivity index (χ0v) is 17.6. The molecule has 1 saturated heterocycles. The highest BCUT2D eigenvalue weighted by Crippen LogP contribution is 2.30. The van der Waals surface area contributed by atoms with Crippen LogP contribution in [-0.2, 0) is 17.9 Å². The van der Waals surface area contributed by atoms with Crippen molar-refractivity contribution in [1.82, 2.24) is 10.2 Å². The number of carboxylic acids is 1. The first-order chi connectivity index (χ1) is 15.9. The number of nitrogens with zero attached hydrogens (tertiary/aromatic N) is 1. The smallest absolute Gasteiger partial charge is 0.371 e. The summed E-state index contributed by atoms with van der Waals surface area (Å²) >= 11 is 0. The molecule has 4 rings (SSSR count). The third-order valence-corrected chi connectivity index (χ3v) is 4.89. The van der Waals surface area contributed by atoms with Gasteiger partial charge in [0, 0.05) is 0 Å². The second kappa shape index (κ2) is 9.31. The number of ether oxygens (including phenoxy) is 2. The van der Waals surface area contributed by atoms with Crippen LogP contribution in [0.5, 0.6) is 11.5 Å². The van der Waals surface area contributed by atoms with E-state index in [0.717, 1.165) is 10.5 Å². The van der Waals surface area contributed by atoms with Crippen LogP contribution >= 0.6 is 0 Å². The average molecular weight is 448 g/mol. The maximum absolute atomic E-state index is 12.7. The SMILES string of the molecule is COc1cc(/C=C2\NC(=O)N(Cc3ccccc3)C2=O)ccc1OCc1ccc(C(=O)O)o1. The number of carboxylic acid groups (broad SMARTS) is 1. The van der Waals surface area contributed by atoms with Crippen LogP contribution in [0.4, 0.5) is 4.79 Å². The Balaban J connectivity index is 1.47. The highest BCUT2D eigenvalue weighted by Gasteiger charge is 2.33. The molecule has 33 heavy (non-hydrogen) atoms. The number of carbonyl (C=O) groups is 3. The van der Waals surface area contributed by atoms with Crippen molar-refractivity contribution < 1.29 is 33.4 Å². The minimum absolute atomic E-state index is 0.00701. The van der Waals surface area contributed by atoms with E-state index >= 15 is 0 Å². The first-order valence-corrected chi connectivity index (χ1v) is 9.96. The Morgan fingerprint density at radius 1 is 1.09 bits per heavy atom. The van der Waals surface area contributed by atoms with Gasteiger partial charge in [-0.2, -0.15) is 0 Å². The number of benzene rings is 2. The van der Waals surface area contributed by atoms with E-state index < -0.39 is 17.9 Å². The monoisotopic (exact) mass is 448 g/mol. The number of rotatable bonds is 8. The van der Waals surface area contributed by atoms with Crippen molar-refractivity contribution in [3.05, 3.63) is 89.0 Å². The van der Waals surface area contributed by atoms with Crippen molar-refractivity contribution in [2.24, 2.45) is 0 Å². The van der Waals surface area contributed by atoms with Crippen molar-refractivity contribution in [3.63, 3.8) is 0 Å². The molecule has 0 atom stereocenters. The molecular formula is C24H20N2O7. The Kier molecular flexibility index (Phi) is 6.12. The largest absolute Gasteiger partial charge is 0.493 e. The molecule has 2 heterocycles. The van der Waals surface area contributed by atoms with Gasteiger partial charge < -0.3 is 24.3 Å². The molecule has 1 fully saturated rings. The fraction of sp³-hybridized carbons (Fsp3) is 0.125. The molecule has 0 unspecified atom stereocenters. The quantitative estimate of drug-likeness (QED) is 0.399. The number of aromatic carboxylic acids is 1. The van der Waals surface area contributed by atoms with Crippen LogP contribution in [0.15, 0.2) is 70.8 Å². The number of hydrogen-bond donors (Lipinski definition) is 2. The zero-order chi connectivity index (χ0) is 23.4. The average Bonchev–Trinajstić information content (AvgIpc) is 3.39. The summed E-state index contributed by atoms with van der Waals surface area (Å²) in [6, 6.07) is 16.6. The van der Waals surface area contributed by atoms with Crippen molar-refractivity contribution in [3.8, 4) is 11.5 Å². The fourth-order valence-corrected chi connectivity index (χ4v) is 3.26. The summed E-state index contributed by atoms with van der Waals surface area (Å²) in [5, 5.41) is 11.5. The van der Waals surface area contributed by atoms with Gasteiger partial charge in [0.05, 0.1) is 13.7 Å². The molecule has 2 aromatic carbocycles. The van der Waals surface area contributed by atoms with E-state index in [2.05, 4.69) is 5.32 Å². The van der Waals surface area contributed by atoms with Gasteiger partial charge in [0.1, 0.15) is 18.1 Å². The lowest BCUT2D eigenvalue weighted by Gasteiger charge is -2.11. The number of methoxy groups -OCH3 is 1. The molecule has 2 N–H and O–H groups in total. The summed E-state index contributed by atoms with van der Waals surface area (Å²) in [4.78, 5) is 37.1. The first-order valence-electron chi connectivity index (χ1n) is 9.96. The van der Waals surface area contributed by atoms with Crippen LogP contribution in [0, 0.1) is 0 Å². The zero-order valence-electron chi connectivity index (χ0n) is 17.6. The summed E-state index contributed by atoms with van der Waals surface area (Å²) in [6.07, 6.45) is 1.56. The van der Waals surface area contributed by atoms with Crippen LogP contribution < -0.4 is 14.8 Å². The van der Waals surface area contributed by atoms with Gasteiger partial charge in [-0.25, -0.2) is 9.59 Å². The summed E-state index contributed by atoms with van der Waals surface area (Å²) in [5.74, 6) is -0.611. The standard InChI is InChI=1S/C24H20N2O7/c1-31-21-12-16(7-9-19(21)32-14-17-8-10-20(33-17)23(28)29)11-18-22(27)26(24(30)25-18)13-15-5-3-2-4-6-15/h2-12H,13-14H2,1H3,(H,25,30)(H,28,29)/b18-11-. The molecule has 9 heteroatoms. The molecule has 1 aromatic heterocycles. The van der Waals surface area contributed by atoms with E-state index in [4.69, 9.17) is 19.0 Å². The molecule has 3 aromatic rings. The fourth-order valence-electron chi connectivity index (χ4n) is 3.26. The van der Waals surface area contributed by atoms with Crippen molar-refractivity contribution >= 4 is 24.0 Å². The Bertz CT molecular complexity index is 1230. The van der Waals surface area contributed by atoms with Gasteiger partial charge in [-0.15, -0.1) is 0 Å². The second-order valence-electron chi connectivity index (χ2n) is 7.14. The van der Waals surface area contributed by atoms with Crippen LogP contribution in [0.25, 0.3) is 6.08 Å². The van der Waals surface area contributed by atoms with E-state index in [1.165, 1.54) is 19.2 Å². The first kappa shape index (κ1) is 21.7. The molecule has 0 saturated carbocycles. The van der Waals surface area contributed by atoms with Crippen LogP contribution in [0.3, 0.4) is 0 Å². The number of imide groups is 1. The van der Waals surface area contributed by atoms with E-state index in [1.807, 2.05) is 30.3 Å². The van der Waals surface area contributed by atoms with Crippen molar-refractivity contribution in [2.75, 3.05) is 7.11 Å². The maximum atomic E-state index is 12.7. The van der Waals surface area contributed by atoms with E-state index in [-0.39, 0.29) is 24.6 Å². The van der Waals surface area contributed by atoms with Crippen LogP contribution in [0.2, 0.25) is 0 Å². The summed E-state index contributed by atoms with van der Waals surface area (Å²) in [7, 11) is 1.47. The van der Waals surface area contributed by atoms with Gasteiger partial charge in [0.25, 0.3) is 5.91 Å². The molecule has 3 amide bonds. The lowest BCUT2D eigenvalue weighted by Crippen LogP contribution is -2.30. The lowest BCUT2D eigenvalue weighted by atomic mass is 10.1. The van der Waals surface area contributed by atoms with Gasteiger partial charge in [0.2, 0.25) is 5.76 Å². The number of amides is 3. The molecule has 0 aliphatic carbocycles. The third-order valence-electron chi connectivity index (χ3n) is 4.89. The Hall–Kier alpha value is -4.53. The highest BCUT2D eigenvalue weighted by atomic mass is 16.5. The number of urea groups is 1. The van der Waals surface area contributed by atoms with Gasteiger partial charge in [-0.3, -0.25) is 9.69 Å². The van der Waals surface area contributed by atoms with Crippen LogP contribution in [-0.4, -0.2) is 35.0 Å². The Labute approximate surface area is 188 Å². The lowest BCUT2D eigenvalue weighted by molar-refractivity contribution is -0.123. The second-order valence-corrected chi connectivity index (χ2v) is 7.14. The number of hydrogen-bond acceptors (Lipinski definition) is 6. The number of carbonyl (C=O) groups excluding carboxylic acids is 2. The Morgan fingerprint density at radius 3 is 2.58 bits per heavy atom. The van der Waals surface area contributed by atoms with Gasteiger partial charge in [-0.1, -0.05) is 36.4 Å².